The van der Waals surface area contributed by atoms with Crippen LogP contribution in [0.25, 0.3) is 0 Å². The molecule has 0 spiro atoms. The Kier molecular flexibility index (Phi) is 4.99. The molecule has 23 heavy (non-hydrogen) atoms. The number of anilines is 1. The monoisotopic (exact) mass is 337 g/mol. The Morgan fingerprint density at radius 2 is 1.96 bits per heavy atom. The number of halogens is 1. The van der Waals surface area contributed by atoms with E-state index in [4.69, 9.17) is 11.6 Å². The van der Waals surface area contributed by atoms with Gasteiger partial charge in [0.15, 0.2) is 6.04 Å². The van der Waals surface area contributed by atoms with Crippen molar-refractivity contribution in [2.75, 3.05) is 18.1 Å². The van der Waals surface area contributed by atoms with Crippen LogP contribution in [0, 0.1) is 0 Å². The second-order valence-electron chi connectivity index (χ2n) is 6.33. The van der Waals surface area contributed by atoms with Gasteiger partial charge in [-0.3, -0.25) is 9.59 Å². The van der Waals surface area contributed by atoms with Crippen LogP contribution in [-0.4, -0.2) is 42.2 Å². The maximum Gasteiger partial charge on any atom is 0.292 e. The van der Waals surface area contributed by atoms with E-state index in [9.17, 15) is 14.7 Å². The van der Waals surface area contributed by atoms with E-state index in [0.29, 0.717) is 17.1 Å². The second kappa shape index (κ2) is 6.99. The third-order valence-corrected chi connectivity index (χ3v) is 5.20. The molecule has 5 nitrogen and oxygen atoms in total. The number of likely N-dealkylation sites (tertiary alicyclic amines) is 1. The van der Waals surface area contributed by atoms with Crippen LogP contribution in [0.2, 0.25) is 5.02 Å². The van der Waals surface area contributed by atoms with Crippen LogP contribution >= 0.6 is 11.6 Å². The molecule has 1 aromatic rings. The molecule has 0 radical (unpaired) electrons. The van der Waals surface area contributed by atoms with Gasteiger partial charge in [-0.1, -0.05) is 11.6 Å². The lowest BCUT2D eigenvalue weighted by atomic mass is 9.97. The number of hydrogen-bond acceptors (Lipinski definition) is 3. The highest BCUT2D eigenvalue weighted by atomic mass is 35.5. The summed E-state index contributed by atoms with van der Waals surface area (Å²) in [6.45, 7) is 1.02. The summed E-state index contributed by atoms with van der Waals surface area (Å²) in [6, 6.07) is 6.73. The number of benzene rings is 1. The molecule has 3 rings (SSSR count). The quantitative estimate of drug-likeness (QED) is 0.799. The van der Waals surface area contributed by atoms with Gasteiger partial charge in [0.25, 0.3) is 5.91 Å². The molecule has 0 bridgehead atoms. The van der Waals surface area contributed by atoms with Gasteiger partial charge in [-0.05, 0) is 43.5 Å². The first-order valence-electron chi connectivity index (χ1n) is 8.20. The molecular weight excluding hydrogens is 316 g/mol. The third-order valence-electron chi connectivity index (χ3n) is 4.95. The number of nitrogens with one attached hydrogen (secondary N) is 1. The molecule has 124 valence electrons. The van der Waals surface area contributed by atoms with Crippen molar-refractivity contribution in [3.8, 4) is 0 Å². The Bertz CT molecular complexity index is 588. The number of carbonyl (C=O) groups excluding carboxylic acids is 2. The first-order chi connectivity index (χ1) is 11.1. The van der Waals surface area contributed by atoms with Crippen molar-refractivity contribution < 1.29 is 19.6 Å². The van der Waals surface area contributed by atoms with Crippen molar-refractivity contribution in [2.24, 2.45) is 0 Å². The first kappa shape index (κ1) is 16.4. The standard InChI is InChI=1S/C17H21ClN2O3/c18-12-4-6-14(7-5-12)20-16(22)11-15(17(20)23)19-9-2-1-3-13(19)8-10-21/h4-7,13,15,21H,1-3,8-11H2/p+1/t13-,15+/m1/s1. The maximum absolute atomic E-state index is 12.8. The number of aliphatic hydroxyl groups is 1. The zero-order valence-electron chi connectivity index (χ0n) is 13.0. The summed E-state index contributed by atoms with van der Waals surface area (Å²) in [6.07, 6.45) is 4.14. The summed E-state index contributed by atoms with van der Waals surface area (Å²) in [5.41, 5.74) is 0.585. The molecule has 6 heteroatoms. The van der Waals surface area contributed by atoms with Crippen molar-refractivity contribution in [3.05, 3.63) is 29.3 Å². The van der Waals surface area contributed by atoms with Gasteiger partial charge in [0.1, 0.15) is 0 Å². The lowest BCUT2D eigenvalue weighted by Gasteiger charge is -2.35. The van der Waals surface area contributed by atoms with Gasteiger partial charge >= 0.3 is 0 Å². The molecule has 0 saturated carbocycles. The number of amides is 2. The highest BCUT2D eigenvalue weighted by Gasteiger charge is 2.48. The highest BCUT2D eigenvalue weighted by Crippen LogP contribution is 2.24. The van der Waals surface area contributed by atoms with Crippen LogP contribution in [0.1, 0.15) is 32.1 Å². The van der Waals surface area contributed by atoms with Gasteiger partial charge in [-0.25, -0.2) is 4.90 Å². The lowest BCUT2D eigenvalue weighted by molar-refractivity contribution is -0.945. The molecule has 2 aliphatic rings. The molecule has 2 N–H and O–H groups in total. The molecule has 2 fully saturated rings. The van der Waals surface area contributed by atoms with Gasteiger partial charge < -0.3 is 10.0 Å². The Morgan fingerprint density at radius 3 is 2.65 bits per heavy atom. The van der Waals surface area contributed by atoms with Crippen LogP contribution < -0.4 is 9.80 Å². The Hall–Kier alpha value is -1.43. The number of imide groups is 1. The summed E-state index contributed by atoms with van der Waals surface area (Å²) in [5, 5.41) is 9.84. The average molecular weight is 338 g/mol. The largest absolute Gasteiger partial charge is 0.396 e. The zero-order chi connectivity index (χ0) is 16.4. The molecule has 1 aromatic carbocycles. The minimum absolute atomic E-state index is 0.128. The number of nitrogens with zero attached hydrogens (tertiary/aromatic N) is 1. The van der Waals surface area contributed by atoms with Crippen LogP contribution in [0.3, 0.4) is 0 Å². The lowest BCUT2D eigenvalue weighted by Crippen LogP contribution is -3.20. The Morgan fingerprint density at radius 1 is 1.22 bits per heavy atom. The van der Waals surface area contributed by atoms with Gasteiger partial charge in [-0.2, -0.15) is 0 Å². The van der Waals surface area contributed by atoms with Crippen molar-refractivity contribution in [2.45, 2.75) is 44.2 Å². The fraction of sp³-hybridized carbons (Fsp3) is 0.529. The van der Waals surface area contributed by atoms with Crippen molar-refractivity contribution in [3.63, 3.8) is 0 Å². The number of rotatable bonds is 4. The molecule has 2 amide bonds. The van der Waals surface area contributed by atoms with Crippen molar-refractivity contribution in [1.82, 2.24) is 0 Å². The van der Waals surface area contributed by atoms with Gasteiger partial charge in [0.2, 0.25) is 5.91 Å². The fourth-order valence-electron chi connectivity index (χ4n) is 3.84. The summed E-state index contributed by atoms with van der Waals surface area (Å²) in [7, 11) is 0. The smallest absolute Gasteiger partial charge is 0.292 e. The number of piperidine rings is 1. The Balaban J connectivity index is 1.81. The predicted octanol–water partition coefficient (Wildman–Crippen LogP) is 0.792. The normalized spacial score (nSPS) is 28.4. The molecule has 2 aliphatic heterocycles. The van der Waals surface area contributed by atoms with E-state index in [1.165, 1.54) is 9.80 Å². The maximum atomic E-state index is 12.8. The first-order valence-corrected chi connectivity index (χ1v) is 8.58. The van der Waals surface area contributed by atoms with Crippen LogP contribution in [0.15, 0.2) is 24.3 Å². The average Bonchev–Trinajstić information content (AvgIpc) is 2.84. The van der Waals surface area contributed by atoms with E-state index in [-0.39, 0.29) is 36.9 Å². The van der Waals surface area contributed by atoms with E-state index in [2.05, 4.69) is 0 Å². The minimum Gasteiger partial charge on any atom is -0.396 e. The van der Waals surface area contributed by atoms with Gasteiger partial charge in [0.05, 0.1) is 24.7 Å². The topological polar surface area (TPSA) is 62.1 Å². The molecule has 2 heterocycles. The van der Waals surface area contributed by atoms with Gasteiger partial charge in [-0.15, -0.1) is 0 Å². The summed E-state index contributed by atoms with van der Waals surface area (Å²) < 4.78 is 0. The minimum atomic E-state index is -0.324. The van der Waals surface area contributed by atoms with Crippen molar-refractivity contribution >= 4 is 29.1 Å². The zero-order valence-corrected chi connectivity index (χ0v) is 13.8. The number of hydrogen-bond donors (Lipinski definition) is 2. The SMILES string of the molecule is O=C1C[C@H]([NH+]2CCCC[C@@H]2CCO)C(=O)N1c1ccc(Cl)cc1. The summed E-state index contributed by atoms with van der Waals surface area (Å²) in [4.78, 5) is 27.7. The number of quaternary nitrogens is 1. The van der Waals surface area contributed by atoms with Crippen molar-refractivity contribution in [1.29, 1.82) is 0 Å². The summed E-state index contributed by atoms with van der Waals surface area (Å²) >= 11 is 5.88. The van der Waals surface area contributed by atoms with E-state index in [0.717, 1.165) is 25.8 Å². The van der Waals surface area contributed by atoms with Crippen LogP contribution in [0.5, 0.6) is 0 Å². The Labute approximate surface area is 140 Å². The molecule has 0 aliphatic carbocycles. The molecule has 1 unspecified atom stereocenters. The molecule has 0 aromatic heterocycles. The van der Waals surface area contributed by atoms with Crippen LogP contribution in [-0.2, 0) is 9.59 Å². The highest BCUT2D eigenvalue weighted by molar-refractivity contribution is 6.30. The fourth-order valence-corrected chi connectivity index (χ4v) is 3.96. The summed E-state index contributed by atoms with van der Waals surface area (Å²) in [5.74, 6) is -0.277. The van der Waals surface area contributed by atoms with E-state index in [1.807, 2.05) is 0 Å². The second-order valence-corrected chi connectivity index (χ2v) is 6.77. The molecule has 3 atom stereocenters. The van der Waals surface area contributed by atoms with E-state index >= 15 is 0 Å². The van der Waals surface area contributed by atoms with E-state index in [1.54, 1.807) is 24.3 Å². The number of carbonyl (C=O) groups is 2. The van der Waals surface area contributed by atoms with Crippen LogP contribution in [0.4, 0.5) is 5.69 Å². The third kappa shape index (κ3) is 3.27. The molecule has 2 saturated heterocycles. The van der Waals surface area contributed by atoms with Gasteiger partial charge in [0, 0.05) is 18.1 Å². The van der Waals surface area contributed by atoms with E-state index < -0.39 is 0 Å². The molecular formula is C17H22ClN2O3+. The number of aliphatic hydroxyl groups excluding tert-OH is 1. The predicted molar refractivity (Wildman–Crippen MR) is 87.5 cm³/mol.